The van der Waals surface area contributed by atoms with E-state index in [1.807, 2.05) is 13.8 Å². The Labute approximate surface area is 99.2 Å². The van der Waals surface area contributed by atoms with Crippen LogP contribution in [0, 0.1) is 17.0 Å². The first-order valence-electron chi connectivity index (χ1n) is 5.70. The van der Waals surface area contributed by atoms with Gasteiger partial charge in [-0.25, -0.2) is 4.39 Å². The van der Waals surface area contributed by atoms with Gasteiger partial charge in [0.25, 0.3) is 0 Å². The molecule has 1 saturated carbocycles. The molecule has 2 unspecified atom stereocenters. The molecular weight excluding hydrogens is 226 g/mol. The Balaban J connectivity index is 2.15. The van der Waals surface area contributed by atoms with Crippen molar-refractivity contribution in [3.05, 3.63) is 29.8 Å². The van der Waals surface area contributed by atoms with Crippen molar-refractivity contribution in [3.63, 3.8) is 0 Å². The van der Waals surface area contributed by atoms with Crippen molar-refractivity contribution in [2.75, 3.05) is 0 Å². The van der Waals surface area contributed by atoms with Gasteiger partial charge in [0, 0.05) is 0 Å². The fourth-order valence-corrected chi connectivity index (χ4v) is 2.18. The van der Waals surface area contributed by atoms with E-state index in [2.05, 4.69) is 0 Å². The van der Waals surface area contributed by atoms with Gasteiger partial charge >= 0.3 is 0 Å². The minimum Gasteiger partial charge on any atom is -0.485 e. The molecule has 1 aliphatic rings. The van der Waals surface area contributed by atoms with Gasteiger partial charge in [0.15, 0.2) is 11.6 Å². The van der Waals surface area contributed by atoms with Crippen molar-refractivity contribution in [2.45, 2.75) is 38.9 Å². The maximum absolute atomic E-state index is 13.4. The third kappa shape index (κ3) is 2.27. The van der Waals surface area contributed by atoms with Crippen LogP contribution in [0.5, 0.6) is 5.75 Å². The van der Waals surface area contributed by atoms with Gasteiger partial charge in [0.1, 0.15) is 6.10 Å². The molecule has 0 bridgehead atoms. The highest BCUT2D eigenvalue weighted by Crippen LogP contribution is 2.39. The summed E-state index contributed by atoms with van der Waals surface area (Å²) in [5.74, 6) is -2.06. The molecule has 1 aromatic carbocycles. The van der Waals surface area contributed by atoms with Gasteiger partial charge in [-0.05, 0) is 30.4 Å². The lowest BCUT2D eigenvalue weighted by atomic mass is 9.89. The van der Waals surface area contributed by atoms with Crippen molar-refractivity contribution in [1.82, 2.24) is 0 Å². The lowest BCUT2D eigenvalue weighted by molar-refractivity contribution is 0.00327. The number of rotatable bonds is 2. The van der Waals surface area contributed by atoms with Crippen molar-refractivity contribution in [3.8, 4) is 5.75 Å². The van der Waals surface area contributed by atoms with E-state index in [-0.39, 0.29) is 11.2 Å². The summed E-state index contributed by atoms with van der Waals surface area (Å²) in [4.78, 5) is 0. The SMILES string of the molecule is CC1(C)CCC(Oc2cccc(F)c2F)C1O. The normalized spacial score (nSPS) is 27.1. The van der Waals surface area contributed by atoms with Crippen LogP contribution in [0.4, 0.5) is 8.78 Å². The molecule has 94 valence electrons. The highest BCUT2D eigenvalue weighted by Gasteiger charge is 2.42. The van der Waals surface area contributed by atoms with Crippen molar-refractivity contribution < 1.29 is 18.6 Å². The first-order chi connectivity index (χ1) is 7.92. The molecule has 0 aromatic heterocycles. The van der Waals surface area contributed by atoms with E-state index in [1.165, 1.54) is 12.1 Å². The summed E-state index contributed by atoms with van der Waals surface area (Å²) in [5, 5.41) is 10.00. The first kappa shape index (κ1) is 12.3. The molecule has 2 rings (SSSR count). The molecule has 0 spiro atoms. The van der Waals surface area contributed by atoms with Gasteiger partial charge in [0.05, 0.1) is 6.10 Å². The summed E-state index contributed by atoms with van der Waals surface area (Å²) in [5.41, 5.74) is -0.242. The standard InChI is InChI=1S/C13H16F2O2/c1-13(2)7-6-10(12(13)16)17-9-5-3-4-8(14)11(9)15/h3-5,10,12,16H,6-7H2,1-2H3. The van der Waals surface area contributed by atoms with E-state index >= 15 is 0 Å². The first-order valence-corrected chi connectivity index (χ1v) is 5.70. The lowest BCUT2D eigenvalue weighted by Crippen LogP contribution is -2.34. The van der Waals surface area contributed by atoms with Crippen LogP contribution in [0.25, 0.3) is 0 Å². The summed E-state index contributed by atoms with van der Waals surface area (Å²) in [6, 6.07) is 3.80. The number of hydrogen-bond donors (Lipinski definition) is 1. The fourth-order valence-electron chi connectivity index (χ4n) is 2.18. The average molecular weight is 242 g/mol. The largest absolute Gasteiger partial charge is 0.485 e. The summed E-state index contributed by atoms with van der Waals surface area (Å²) in [7, 11) is 0. The van der Waals surface area contributed by atoms with Crippen LogP contribution in [0.1, 0.15) is 26.7 Å². The second-order valence-electron chi connectivity index (χ2n) is 5.18. The minimum atomic E-state index is -0.996. The van der Waals surface area contributed by atoms with Crippen LogP contribution in [0.15, 0.2) is 18.2 Å². The van der Waals surface area contributed by atoms with Crippen LogP contribution in [0.2, 0.25) is 0 Å². The average Bonchev–Trinajstić information content (AvgIpc) is 2.52. The maximum Gasteiger partial charge on any atom is 0.200 e. The summed E-state index contributed by atoms with van der Waals surface area (Å²) in [6.45, 7) is 3.87. The van der Waals surface area contributed by atoms with Crippen LogP contribution >= 0.6 is 0 Å². The molecule has 0 radical (unpaired) electrons. The zero-order valence-electron chi connectivity index (χ0n) is 9.91. The molecule has 4 heteroatoms. The summed E-state index contributed by atoms with van der Waals surface area (Å²) < 4.78 is 31.7. The highest BCUT2D eigenvalue weighted by molar-refractivity contribution is 5.25. The van der Waals surface area contributed by atoms with Crippen molar-refractivity contribution in [2.24, 2.45) is 5.41 Å². The third-order valence-corrected chi connectivity index (χ3v) is 3.42. The van der Waals surface area contributed by atoms with E-state index in [0.29, 0.717) is 6.42 Å². The number of halogens is 2. The Bertz CT molecular complexity index is 418. The predicted molar refractivity (Wildman–Crippen MR) is 59.8 cm³/mol. The Kier molecular flexibility index (Phi) is 3.08. The molecular formula is C13H16F2O2. The number of hydrogen-bond acceptors (Lipinski definition) is 2. The topological polar surface area (TPSA) is 29.5 Å². The molecule has 0 saturated heterocycles. The van der Waals surface area contributed by atoms with Crippen LogP contribution in [-0.2, 0) is 0 Å². The Morgan fingerprint density at radius 2 is 2.06 bits per heavy atom. The molecule has 1 aliphatic carbocycles. The van der Waals surface area contributed by atoms with Gasteiger partial charge < -0.3 is 9.84 Å². The predicted octanol–water partition coefficient (Wildman–Crippen LogP) is 2.89. The molecule has 17 heavy (non-hydrogen) atoms. The monoisotopic (exact) mass is 242 g/mol. The third-order valence-electron chi connectivity index (χ3n) is 3.42. The van der Waals surface area contributed by atoms with Crippen LogP contribution in [-0.4, -0.2) is 17.3 Å². The van der Waals surface area contributed by atoms with Crippen molar-refractivity contribution >= 4 is 0 Å². The zero-order chi connectivity index (χ0) is 12.6. The fraction of sp³-hybridized carbons (Fsp3) is 0.538. The van der Waals surface area contributed by atoms with E-state index in [1.54, 1.807) is 0 Å². The van der Waals surface area contributed by atoms with Crippen LogP contribution < -0.4 is 4.74 Å². The molecule has 2 atom stereocenters. The second-order valence-corrected chi connectivity index (χ2v) is 5.18. The van der Waals surface area contributed by atoms with Crippen molar-refractivity contribution in [1.29, 1.82) is 0 Å². The quantitative estimate of drug-likeness (QED) is 0.864. The lowest BCUT2D eigenvalue weighted by Gasteiger charge is -2.25. The van der Waals surface area contributed by atoms with Gasteiger partial charge in [-0.3, -0.25) is 0 Å². The molecule has 0 heterocycles. The highest BCUT2D eigenvalue weighted by atomic mass is 19.2. The number of benzene rings is 1. The molecule has 1 aromatic rings. The van der Waals surface area contributed by atoms with E-state index in [0.717, 1.165) is 12.5 Å². The van der Waals surface area contributed by atoms with Gasteiger partial charge in [-0.1, -0.05) is 19.9 Å². The minimum absolute atomic E-state index is 0.133. The molecule has 1 fully saturated rings. The number of ether oxygens (including phenoxy) is 1. The number of aliphatic hydroxyl groups excluding tert-OH is 1. The van der Waals surface area contributed by atoms with E-state index in [4.69, 9.17) is 4.74 Å². The number of aliphatic hydroxyl groups is 1. The van der Waals surface area contributed by atoms with E-state index < -0.39 is 23.8 Å². The smallest absolute Gasteiger partial charge is 0.200 e. The second kappa shape index (κ2) is 4.26. The molecule has 2 nitrogen and oxygen atoms in total. The van der Waals surface area contributed by atoms with E-state index in [9.17, 15) is 13.9 Å². The Morgan fingerprint density at radius 1 is 1.35 bits per heavy atom. The van der Waals surface area contributed by atoms with Crippen LogP contribution in [0.3, 0.4) is 0 Å². The van der Waals surface area contributed by atoms with Gasteiger partial charge in [0.2, 0.25) is 5.82 Å². The Hall–Kier alpha value is -1.16. The summed E-state index contributed by atoms with van der Waals surface area (Å²) >= 11 is 0. The van der Waals surface area contributed by atoms with Gasteiger partial charge in [-0.15, -0.1) is 0 Å². The zero-order valence-corrected chi connectivity index (χ0v) is 9.91. The molecule has 1 N–H and O–H groups in total. The molecule has 0 amide bonds. The van der Waals surface area contributed by atoms with Gasteiger partial charge in [-0.2, -0.15) is 4.39 Å². The summed E-state index contributed by atoms with van der Waals surface area (Å²) in [6.07, 6.45) is 0.311. The maximum atomic E-state index is 13.4. The Morgan fingerprint density at radius 3 is 2.65 bits per heavy atom. The molecule has 0 aliphatic heterocycles.